The lowest BCUT2D eigenvalue weighted by Gasteiger charge is -2.10. The number of hydrogen-bond donors (Lipinski definition) is 1. The van der Waals surface area contributed by atoms with Gasteiger partial charge in [0, 0.05) is 36.1 Å². The number of carbonyl (C=O) groups is 1. The molecule has 0 fully saturated rings. The molecular weight excluding hydrogens is 507 g/mol. The molecule has 0 radical (unpaired) electrons. The summed E-state index contributed by atoms with van der Waals surface area (Å²) in [4.78, 5) is 27.2. The molecule has 1 amide bonds. The molecule has 0 aliphatic heterocycles. The van der Waals surface area contributed by atoms with Gasteiger partial charge in [0.15, 0.2) is 5.82 Å². The minimum absolute atomic E-state index is 0.0579. The molecule has 4 aromatic rings. The van der Waals surface area contributed by atoms with Gasteiger partial charge in [0.1, 0.15) is 6.61 Å². The molecular formula is C25H20F3N5O5. The van der Waals surface area contributed by atoms with Crippen LogP contribution in [0.1, 0.15) is 15.9 Å². The highest BCUT2D eigenvalue weighted by atomic mass is 19.4. The van der Waals surface area contributed by atoms with Gasteiger partial charge in [0.25, 0.3) is 11.6 Å². The van der Waals surface area contributed by atoms with Gasteiger partial charge in [-0.25, -0.2) is 4.68 Å². The van der Waals surface area contributed by atoms with E-state index >= 15 is 0 Å². The van der Waals surface area contributed by atoms with Crippen molar-refractivity contribution < 1.29 is 32.4 Å². The first kappa shape index (κ1) is 26.3. The van der Waals surface area contributed by atoms with Crippen molar-refractivity contribution in [3.05, 3.63) is 94.0 Å². The summed E-state index contributed by atoms with van der Waals surface area (Å²) in [5.41, 5.74) is 0.0130. The van der Waals surface area contributed by atoms with Gasteiger partial charge >= 0.3 is 12.2 Å². The van der Waals surface area contributed by atoms with Crippen LogP contribution in [-0.2, 0) is 10.9 Å². The van der Waals surface area contributed by atoms with Crippen molar-refractivity contribution in [3.8, 4) is 23.1 Å². The average molecular weight is 527 g/mol. The lowest BCUT2D eigenvalue weighted by atomic mass is 10.1. The Morgan fingerprint density at radius 1 is 1.05 bits per heavy atom. The molecule has 0 unspecified atom stereocenters. The fraction of sp³-hybridized carbons (Fsp3) is 0.160. The maximum atomic E-state index is 13.3. The Bertz CT molecular complexity index is 1450. The number of nitrogens with zero attached hydrogens (tertiary/aromatic N) is 4. The number of alkyl halides is 3. The van der Waals surface area contributed by atoms with Gasteiger partial charge in [-0.15, -0.1) is 5.10 Å². The Balaban J connectivity index is 1.62. The zero-order valence-corrected chi connectivity index (χ0v) is 19.8. The van der Waals surface area contributed by atoms with E-state index in [2.05, 4.69) is 15.4 Å². The molecule has 0 saturated carbocycles. The van der Waals surface area contributed by atoms with Gasteiger partial charge in [-0.1, -0.05) is 18.2 Å². The molecule has 0 spiro atoms. The third kappa shape index (κ3) is 6.13. The predicted octanol–water partition coefficient (Wildman–Crippen LogP) is 5.14. The second-order valence-corrected chi connectivity index (χ2v) is 7.86. The first-order valence-electron chi connectivity index (χ1n) is 11.1. The minimum Gasteiger partial charge on any atom is -0.460 e. The van der Waals surface area contributed by atoms with Crippen molar-refractivity contribution in [1.82, 2.24) is 14.8 Å². The van der Waals surface area contributed by atoms with Gasteiger partial charge in [-0.3, -0.25) is 14.9 Å². The van der Waals surface area contributed by atoms with Crippen LogP contribution in [0.25, 0.3) is 17.1 Å². The van der Waals surface area contributed by atoms with Crippen molar-refractivity contribution in [1.29, 1.82) is 0 Å². The number of halogens is 3. The molecule has 4 rings (SSSR count). The van der Waals surface area contributed by atoms with E-state index in [1.54, 1.807) is 24.3 Å². The van der Waals surface area contributed by atoms with Gasteiger partial charge < -0.3 is 14.8 Å². The van der Waals surface area contributed by atoms with Gasteiger partial charge in [-0.2, -0.15) is 18.2 Å². The second-order valence-electron chi connectivity index (χ2n) is 7.86. The molecule has 1 aromatic heterocycles. The van der Waals surface area contributed by atoms with Crippen LogP contribution in [0, 0.1) is 10.1 Å². The molecule has 3 aromatic carbocycles. The van der Waals surface area contributed by atoms with Crippen LogP contribution < -0.4 is 10.1 Å². The van der Waals surface area contributed by atoms with Crippen LogP contribution in [0.4, 0.5) is 24.5 Å². The number of amides is 1. The molecule has 10 nitrogen and oxygen atoms in total. The van der Waals surface area contributed by atoms with Gasteiger partial charge in [0.2, 0.25) is 0 Å². The third-order valence-corrected chi connectivity index (χ3v) is 5.24. The standard InChI is InChI=1S/C25H20F3N5O5/c1-37-12-13-38-24-30-22(16-4-2-6-18(14-16)25(26,27)28)32(31-24)20-10-8-19(9-11-20)29-23(34)17-5-3-7-21(15-17)33(35)36/h2-11,14-15H,12-13H2,1H3,(H,29,34). The summed E-state index contributed by atoms with van der Waals surface area (Å²) >= 11 is 0. The molecule has 0 bridgehead atoms. The SMILES string of the molecule is COCCOc1nc(-c2cccc(C(F)(F)F)c2)n(-c2ccc(NC(=O)c3cccc([N+](=O)[O-])c3)cc2)n1. The number of methoxy groups -OCH3 is 1. The zero-order valence-electron chi connectivity index (χ0n) is 19.8. The van der Waals surface area contributed by atoms with E-state index in [-0.39, 0.29) is 41.9 Å². The molecule has 0 saturated heterocycles. The van der Waals surface area contributed by atoms with Crippen molar-refractivity contribution in [2.45, 2.75) is 6.18 Å². The van der Waals surface area contributed by atoms with Crippen LogP contribution in [0.2, 0.25) is 0 Å². The topological polar surface area (TPSA) is 121 Å². The fourth-order valence-electron chi connectivity index (χ4n) is 3.42. The zero-order chi connectivity index (χ0) is 27.3. The van der Waals surface area contributed by atoms with E-state index in [1.165, 1.54) is 42.1 Å². The molecule has 1 N–H and O–H groups in total. The average Bonchev–Trinajstić information content (AvgIpc) is 3.33. The number of benzene rings is 3. The summed E-state index contributed by atoms with van der Waals surface area (Å²) in [6.07, 6.45) is -4.54. The molecule has 196 valence electrons. The number of aromatic nitrogens is 3. The number of carbonyl (C=O) groups excluding carboxylic acids is 1. The molecule has 0 atom stereocenters. The Labute approximate surface area is 213 Å². The highest BCUT2D eigenvalue weighted by Crippen LogP contribution is 2.33. The Hall–Kier alpha value is -4.78. The summed E-state index contributed by atoms with van der Waals surface area (Å²) in [6, 6.07) is 16.1. The highest BCUT2D eigenvalue weighted by molar-refractivity contribution is 6.04. The quantitative estimate of drug-likeness (QED) is 0.182. The van der Waals surface area contributed by atoms with Crippen LogP contribution >= 0.6 is 0 Å². The smallest absolute Gasteiger partial charge is 0.416 e. The number of nitro benzene ring substituents is 1. The number of nitro groups is 1. The van der Waals surface area contributed by atoms with Crippen molar-refractivity contribution in [3.63, 3.8) is 0 Å². The molecule has 13 heteroatoms. The van der Waals surface area contributed by atoms with Crippen LogP contribution in [0.3, 0.4) is 0 Å². The fourth-order valence-corrected chi connectivity index (χ4v) is 3.42. The first-order valence-corrected chi connectivity index (χ1v) is 11.1. The molecule has 1 heterocycles. The maximum Gasteiger partial charge on any atom is 0.416 e. The Morgan fingerprint density at radius 3 is 2.47 bits per heavy atom. The predicted molar refractivity (Wildman–Crippen MR) is 130 cm³/mol. The summed E-state index contributed by atoms with van der Waals surface area (Å²) in [5, 5.41) is 17.9. The number of anilines is 1. The van der Waals surface area contributed by atoms with Crippen LogP contribution in [0.5, 0.6) is 6.01 Å². The largest absolute Gasteiger partial charge is 0.460 e. The van der Waals surface area contributed by atoms with E-state index in [1.807, 2.05) is 0 Å². The molecule has 38 heavy (non-hydrogen) atoms. The summed E-state index contributed by atoms with van der Waals surface area (Å²) < 4.78 is 51.6. The van der Waals surface area contributed by atoms with Crippen molar-refractivity contribution in [2.24, 2.45) is 0 Å². The highest BCUT2D eigenvalue weighted by Gasteiger charge is 2.31. The third-order valence-electron chi connectivity index (χ3n) is 5.24. The number of nitrogens with one attached hydrogen (secondary N) is 1. The van der Waals surface area contributed by atoms with Crippen LogP contribution in [-0.4, -0.2) is 45.9 Å². The van der Waals surface area contributed by atoms with E-state index in [4.69, 9.17) is 9.47 Å². The van der Waals surface area contributed by atoms with E-state index in [0.29, 0.717) is 11.4 Å². The normalized spacial score (nSPS) is 11.3. The molecule has 0 aliphatic rings. The number of hydrogen-bond acceptors (Lipinski definition) is 7. The second kappa shape index (κ2) is 11.1. The summed E-state index contributed by atoms with van der Waals surface area (Å²) in [7, 11) is 1.49. The van der Waals surface area contributed by atoms with E-state index < -0.39 is 22.6 Å². The first-order chi connectivity index (χ1) is 18.2. The van der Waals surface area contributed by atoms with E-state index in [0.717, 1.165) is 18.2 Å². The van der Waals surface area contributed by atoms with E-state index in [9.17, 15) is 28.1 Å². The lowest BCUT2D eigenvalue weighted by Crippen LogP contribution is -2.12. The number of ether oxygens (including phenoxy) is 2. The minimum atomic E-state index is -4.54. The lowest BCUT2D eigenvalue weighted by molar-refractivity contribution is -0.384. The summed E-state index contributed by atoms with van der Waals surface area (Å²) in [6.45, 7) is 0.386. The van der Waals surface area contributed by atoms with Gasteiger partial charge in [0.05, 0.1) is 22.8 Å². The van der Waals surface area contributed by atoms with Crippen molar-refractivity contribution in [2.75, 3.05) is 25.6 Å². The van der Waals surface area contributed by atoms with Gasteiger partial charge in [-0.05, 0) is 42.5 Å². The Morgan fingerprint density at radius 2 is 1.79 bits per heavy atom. The number of rotatable bonds is 9. The monoisotopic (exact) mass is 527 g/mol. The maximum absolute atomic E-state index is 13.3. The molecule has 0 aliphatic carbocycles. The van der Waals surface area contributed by atoms with Crippen molar-refractivity contribution >= 4 is 17.3 Å². The van der Waals surface area contributed by atoms with Crippen LogP contribution in [0.15, 0.2) is 72.8 Å². The Kier molecular flexibility index (Phi) is 7.67. The summed E-state index contributed by atoms with van der Waals surface area (Å²) in [5.74, 6) is -0.447. The number of non-ortho nitro benzene ring substituents is 1.